The molecule has 1 unspecified atom stereocenters. The average Bonchev–Trinajstić information content (AvgIpc) is 2.64. The lowest BCUT2D eigenvalue weighted by Crippen LogP contribution is -2.53. The van der Waals surface area contributed by atoms with Crippen LogP contribution in [0.5, 0.6) is 0 Å². The molecule has 0 bridgehead atoms. The van der Waals surface area contributed by atoms with Gasteiger partial charge in [0.25, 0.3) is 0 Å². The highest BCUT2D eigenvalue weighted by molar-refractivity contribution is 5.79. The number of hydrogen-bond acceptors (Lipinski definition) is 3. The zero-order chi connectivity index (χ0) is 10.8. The maximum absolute atomic E-state index is 12.2. The van der Waals surface area contributed by atoms with Crippen molar-refractivity contribution in [2.24, 2.45) is 5.92 Å². The summed E-state index contributed by atoms with van der Waals surface area (Å²) in [7, 11) is 2.09. The molecular formula is C11H21N3O. The van der Waals surface area contributed by atoms with E-state index in [4.69, 9.17) is 0 Å². The van der Waals surface area contributed by atoms with Crippen LogP contribution in [0.15, 0.2) is 0 Å². The fourth-order valence-corrected chi connectivity index (χ4v) is 2.53. The Labute approximate surface area is 91.6 Å². The molecule has 2 fully saturated rings. The van der Waals surface area contributed by atoms with Gasteiger partial charge in [-0.1, -0.05) is 0 Å². The highest BCUT2D eigenvalue weighted by Gasteiger charge is 2.31. The molecule has 4 nitrogen and oxygen atoms in total. The monoisotopic (exact) mass is 211 g/mol. The lowest BCUT2D eigenvalue weighted by Gasteiger charge is -2.33. The summed E-state index contributed by atoms with van der Waals surface area (Å²) < 4.78 is 0. The van der Waals surface area contributed by atoms with Gasteiger partial charge in [-0.25, -0.2) is 0 Å². The van der Waals surface area contributed by atoms with Gasteiger partial charge in [-0.3, -0.25) is 4.79 Å². The van der Waals surface area contributed by atoms with E-state index in [9.17, 15) is 4.79 Å². The van der Waals surface area contributed by atoms with Gasteiger partial charge in [0.05, 0.1) is 5.92 Å². The number of carbonyl (C=O) groups excluding carboxylic acids is 1. The van der Waals surface area contributed by atoms with Crippen molar-refractivity contribution in [1.82, 2.24) is 15.1 Å². The molecule has 0 spiro atoms. The Balaban J connectivity index is 1.89. The second-order valence-corrected chi connectivity index (χ2v) is 4.89. The van der Waals surface area contributed by atoms with Crippen molar-refractivity contribution >= 4 is 5.91 Å². The van der Waals surface area contributed by atoms with Crippen molar-refractivity contribution in [2.75, 3.05) is 39.8 Å². The molecule has 0 aromatic rings. The summed E-state index contributed by atoms with van der Waals surface area (Å²) in [5, 5.41) is 3.36. The lowest BCUT2D eigenvalue weighted by molar-refractivity contribution is -0.136. The first-order chi connectivity index (χ1) is 7.16. The van der Waals surface area contributed by atoms with E-state index in [-0.39, 0.29) is 5.92 Å². The van der Waals surface area contributed by atoms with Crippen molar-refractivity contribution in [2.45, 2.75) is 19.4 Å². The highest BCUT2D eigenvalue weighted by atomic mass is 16.2. The van der Waals surface area contributed by atoms with E-state index in [0.717, 1.165) is 39.1 Å². The van der Waals surface area contributed by atoms with Crippen molar-refractivity contribution in [3.63, 3.8) is 0 Å². The summed E-state index contributed by atoms with van der Waals surface area (Å²) in [6.07, 6.45) is 1.04. The number of piperazine rings is 1. The normalized spacial score (nSPS) is 33.3. The third-order valence-corrected chi connectivity index (χ3v) is 3.42. The molecule has 0 radical (unpaired) electrons. The second-order valence-electron chi connectivity index (χ2n) is 4.89. The number of carbonyl (C=O) groups is 1. The van der Waals surface area contributed by atoms with Gasteiger partial charge in [0.1, 0.15) is 0 Å². The molecule has 2 atom stereocenters. The molecule has 0 aromatic carbocycles. The molecule has 0 aliphatic carbocycles. The van der Waals surface area contributed by atoms with Crippen molar-refractivity contribution in [3.8, 4) is 0 Å². The Hall–Kier alpha value is -0.610. The summed E-state index contributed by atoms with van der Waals surface area (Å²) in [6.45, 7) is 6.84. The zero-order valence-corrected chi connectivity index (χ0v) is 9.70. The van der Waals surface area contributed by atoms with Gasteiger partial charge in [-0.2, -0.15) is 0 Å². The van der Waals surface area contributed by atoms with Crippen molar-refractivity contribution < 1.29 is 4.79 Å². The standard InChI is InChI=1S/C11H21N3O/c1-9-7-14(6-4-12-9)11(15)10-3-5-13(2)8-10/h9-10,12H,3-8H2,1-2H3/t9-,10?/m1/s1. The molecule has 2 aliphatic rings. The van der Waals surface area contributed by atoms with Gasteiger partial charge in [0.2, 0.25) is 5.91 Å². The first-order valence-electron chi connectivity index (χ1n) is 5.87. The van der Waals surface area contributed by atoms with Gasteiger partial charge in [-0.05, 0) is 26.9 Å². The van der Waals surface area contributed by atoms with E-state index < -0.39 is 0 Å². The van der Waals surface area contributed by atoms with Crippen LogP contribution in [0.25, 0.3) is 0 Å². The van der Waals surface area contributed by atoms with Crippen LogP contribution >= 0.6 is 0 Å². The molecule has 1 N–H and O–H groups in total. The molecular weight excluding hydrogens is 190 g/mol. The van der Waals surface area contributed by atoms with Gasteiger partial charge >= 0.3 is 0 Å². The predicted octanol–water partition coefficient (Wildman–Crippen LogP) is -0.242. The maximum atomic E-state index is 12.2. The topological polar surface area (TPSA) is 35.6 Å². The van der Waals surface area contributed by atoms with Gasteiger partial charge in [0.15, 0.2) is 0 Å². The molecule has 4 heteroatoms. The van der Waals surface area contributed by atoms with E-state index >= 15 is 0 Å². The second kappa shape index (κ2) is 4.49. The Morgan fingerprint density at radius 3 is 2.73 bits per heavy atom. The zero-order valence-electron chi connectivity index (χ0n) is 9.70. The Morgan fingerprint density at radius 2 is 2.13 bits per heavy atom. The maximum Gasteiger partial charge on any atom is 0.227 e. The summed E-state index contributed by atoms with van der Waals surface area (Å²) in [6, 6.07) is 0.446. The molecule has 15 heavy (non-hydrogen) atoms. The minimum atomic E-state index is 0.250. The van der Waals surface area contributed by atoms with Crippen LogP contribution in [0.1, 0.15) is 13.3 Å². The predicted molar refractivity (Wildman–Crippen MR) is 59.6 cm³/mol. The first-order valence-corrected chi connectivity index (χ1v) is 5.87. The minimum absolute atomic E-state index is 0.250. The fraction of sp³-hybridized carbons (Fsp3) is 0.909. The number of nitrogens with zero attached hydrogens (tertiary/aromatic N) is 2. The van der Waals surface area contributed by atoms with Gasteiger partial charge < -0.3 is 15.1 Å². The van der Waals surface area contributed by atoms with Crippen LogP contribution in [0.3, 0.4) is 0 Å². The summed E-state index contributed by atoms with van der Waals surface area (Å²) >= 11 is 0. The molecule has 2 aliphatic heterocycles. The van der Waals surface area contributed by atoms with Crippen LogP contribution in [0, 0.1) is 5.92 Å². The van der Waals surface area contributed by atoms with E-state index in [1.165, 1.54) is 0 Å². The van der Waals surface area contributed by atoms with Gasteiger partial charge in [0, 0.05) is 32.2 Å². The van der Waals surface area contributed by atoms with E-state index in [0.29, 0.717) is 11.9 Å². The summed E-state index contributed by atoms with van der Waals surface area (Å²) in [5.41, 5.74) is 0. The van der Waals surface area contributed by atoms with Crippen LogP contribution in [0.2, 0.25) is 0 Å². The third-order valence-electron chi connectivity index (χ3n) is 3.42. The number of rotatable bonds is 1. The smallest absolute Gasteiger partial charge is 0.227 e. The largest absolute Gasteiger partial charge is 0.340 e. The SMILES string of the molecule is C[C@@H]1CN(C(=O)C2CCN(C)C2)CCN1. The molecule has 2 saturated heterocycles. The Kier molecular flexibility index (Phi) is 3.26. The highest BCUT2D eigenvalue weighted by Crippen LogP contribution is 2.17. The summed E-state index contributed by atoms with van der Waals surface area (Å²) in [5.74, 6) is 0.619. The lowest BCUT2D eigenvalue weighted by atomic mass is 10.1. The minimum Gasteiger partial charge on any atom is -0.340 e. The van der Waals surface area contributed by atoms with E-state index in [2.05, 4.69) is 24.2 Å². The molecule has 0 aromatic heterocycles. The van der Waals surface area contributed by atoms with Crippen molar-refractivity contribution in [1.29, 1.82) is 0 Å². The third kappa shape index (κ3) is 2.49. The molecule has 0 saturated carbocycles. The average molecular weight is 211 g/mol. The van der Waals surface area contributed by atoms with Crippen molar-refractivity contribution in [3.05, 3.63) is 0 Å². The van der Waals surface area contributed by atoms with Crippen LogP contribution in [-0.4, -0.2) is 61.5 Å². The number of amides is 1. The fourth-order valence-electron chi connectivity index (χ4n) is 2.53. The van der Waals surface area contributed by atoms with E-state index in [1.54, 1.807) is 0 Å². The van der Waals surface area contributed by atoms with Gasteiger partial charge in [-0.15, -0.1) is 0 Å². The number of likely N-dealkylation sites (tertiary alicyclic amines) is 1. The number of hydrogen-bond donors (Lipinski definition) is 1. The Morgan fingerprint density at radius 1 is 1.33 bits per heavy atom. The Bertz CT molecular complexity index is 244. The summed E-state index contributed by atoms with van der Waals surface area (Å²) in [4.78, 5) is 16.4. The molecule has 2 heterocycles. The van der Waals surface area contributed by atoms with E-state index in [1.807, 2.05) is 4.90 Å². The number of nitrogens with one attached hydrogen (secondary N) is 1. The quantitative estimate of drug-likeness (QED) is 0.650. The van der Waals surface area contributed by atoms with Crippen LogP contribution < -0.4 is 5.32 Å². The first kappa shape index (κ1) is 10.9. The molecule has 86 valence electrons. The van der Waals surface area contributed by atoms with Crippen LogP contribution in [0.4, 0.5) is 0 Å². The molecule has 1 amide bonds. The van der Waals surface area contributed by atoms with Crippen LogP contribution in [-0.2, 0) is 4.79 Å². The molecule has 2 rings (SSSR count).